The van der Waals surface area contributed by atoms with Gasteiger partial charge in [0.15, 0.2) is 0 Å². The Kier molecular flexibility index (Phi) is 5.74. The van der Waals surface area contributed by atoms with Crippen molar-refractivity contribution < 1.29 is 22.4 Å². The molecule has 1 heterocycles. The van der Waals surface area contributed by atoms with Crippen LogP contribution in [0.4, 0.5) is 34.6 Å². The average molecular weight is 413 g/mol. The van der Waals surface area contributed by atoms with Gasteiger partial charge >= 0.3 is 6.18 Å². The number of amides is 1. The predicted molar refractivity (Wildman–Crippen MR) is 106 cm³/mol. The number of benzene rings is 2. The molecule has 152 valence electrons. The molecule has 1 N–H and O–H groups in total. The number of hydrogen-bond donors (Lipinski definition) is 1. The first-order valence-electron chi connectivity index (χ1n) is 8.62. The molecule has 8 heteroatoms. The van der Waals surface area contributed by atoms with Gasteiger partial charge in [0.05, 0.1) is 17.4 Å². The van der Waals surface area contributed by atoms with Crippen molar-refractivity contribution in [3.63, 3.8) is 0 Å². The number of terminal acetylenes is 1. The van der Waals surface area contributed by atoms with E-state index in [1.807, 2.05) is 0 Å². The third-order valence-electron chi connectivity index (χ3n) is 4.26. The van der Waals surface area contributed by atoms with Gasteiger partial charge in [-0.2, -0.15) is 13.2 Å². The second-order valence-electron chi connectivity index (χ2n) is 6.37. The highest BCUT2D eigenvalue weighted by Gasteiger charge is 2.31. The number of carbonyl (C=O) groups excluding carboxylic acids is 1. The van der Waals surface area contributed by atoms with Gasteiger partial charge in [0.1, 0.15) is 5.82 Å². The fraction of sp³-hybridized carbons (Fsp3) is 0.0909. The van der Waals surface area contributed by atoms with Gasteiger partial charge in [-0.15, -0.1) is 6.42 Å². The van der Waals surface area contributed by atoms with Gasteiger partial charge in [-0.05, 0) is 42.5 Å². The zero-order valence-corrected chi connectivity index (χ0v) is 15.7. The molecule has 0 saturated carbocycles. The van der Waals surface area contributed by atoms with Crippen LogP contribution in [0.1, 0.15) is 21.5 Å². The van der Waals surface area contributed by atoms with E-state index in [1.165, 1.54) is 30.3 Å². The molecular weight excluding hydrogens is 398 g/mol. The lowest BCUT2D eigenvalue weighted by Gasteiger charge is -2.21. The Bertz CT molecular complexity index is 1140. The van der Waals surface area contributed by atoms with E-state index in [0.717, 1.165) is 18.2 Å². The third-order valence-corrected chi connectivity index (χ3v) is 4.26. The molecule has 0 radical (unpaired) electrons. The number of nitrogens with one attached hydrogen (secondary N) is 1. The second-order valence-corrected chi connectivity index (χ2v) is 6.37. The van der Waals surface area contributed by atoms with Gasteiger partial charge in [0.25, 0.3) is 5.91 Å². The Morgan fingerprint density at radius 3 is 2.57 bits per heavy atom. The summed E-state index contributed by atoms with van der Waals surface area (Å²) in [6.07, 6.45) is 2.70. The molecule has 3 rings (SSSR count). The Labute approximate surface area is 170 Å². The minimum atomic E-state index is -4.56. The van der Waals surface area contributed by atoms with Crippen LogP contribution in [0.25, 0.3) is 0 Å². The van der Waals surface area contributed by atoms with Crippen LogP contribution in [0.3, 0.4) is 0 Å². The maximum atomic E-state index is 14.1. The molecule has 0 spiro atoms. The Morgan fingerprint density at radius 1 is 1.10 bits per heavy atom. The summed E-state index contributed by atoms with van der Waals surface area (Å²) >= 11 is 0. The molecule has 0 saturated heterocycles. The minimum Gasteiger partial charge on any atom is -0.343 e. The van der Waals surface area contributed by atoms with Crippen molar-refractivity contribution in [2.75, 3.05) is 17.3 Å². The van der Waals surface area contributed by atoms with Crippen LogP contribution in [0.15, 0.2) is 60.9 Å². The molecule has 2 aromatic carbocycles. The zero-order valence-electron chi connectivity index (χ0n) is 15.7. The number of halogens is 4. The van der Waals surface area contributed by atoms with Crippen LogP contribution in [-0.4, -0.2) is 17.9 Å². The third kappa shape index (κ3) is 4.75. The first-order valence-corrected chi connectivity index (χ1v) is 8.62. The van der Waals surface area contributed by atoms with Crippen LogP contribution < -0.4 is 10.2 Å². The van der Waals surface area contributed by atoms with E-state index in [0.29, 0.717) is 11.8 Å². The van der Waals surface area contributed by atoms with Crippen molar-refractivity contribution in [2.45, 2.75) is 6.18 Å². The standard InChI is InChI=1S/C22H15F4N3O/c1-3-14-5-4-6-15(7-14)21(30)28-18-9-17(23)10-19(11-18)29(2)20-8-16(12-27-13-20)22(24,25)26/h1,4-13H,2H3,(H,28,30). The molecule has 3 aromatic rings. The molecule has 4 nitrogen and oxygen atoms in total. The number of pyridine rings is 1. The summed E-state index contributed by atoms with van der Waals surface area (Å²) in [6, 6.07) is 10.9. The van der Waals surface area contributed by atoms with Crippen LogP contribution >= 0.6 is 0 Å². The largest absolute Gasteiger partial charge is 0.417 e. The molecule has 0 aliphatic heterocycles. The Hall–Kier alpha value is -3.86. The van der Waals surface area contributed by atoms with E-state index >= 15 is 0 Å². The predicted octanol–water partition coefficient (Wildman–Crippen LogP) is 5.24. The lowest BCUT2D eigenvalue weighted by molar-refractivity contribution is -0.137. The van der Waals surface area contributed by atoms with E-state index < -0.39 is 23.5 Å². The van der Waals surface area contributed by atoms with Crippen molar-refractivity contribution in [3.8, 4) is 12.3 Å². The first kappa shape index (κ1) is 20.9. The lowest BCUT2D eigenvalue weighted by atomic mass is 10.1. The van der Waals surface area contributed by atoms with E-state index in [-0.39, 0.29) is 22.6 Å². The molecule has 1 amide bonds. The van der Waals surface area contributed by atoms with Crippen LogP contribution in [-0.2, 0) is 6.18 Å². The highest BCUT2D eigenvalue weighted by Crippen LogP contribution is 2.33. The van der Waals surface area contributed by atoms with Crippen LogP contribution in [0, 0.1) is 18.2 Å². The van der Waals surface area contributed by atoms with Crippen LogP contribution in [0.5, 0.6) is 0 Å². The molecule has 1 aromatic heterocycles. The van der Waals surface area contributed by atoms with Crippen LogP contribution in [0.2, 0.25) is 0 Å². The number of anilines is 3. The maximum Gasteiger partial charge on any atom is 0.417 e. The molecule has 0 unspecified atom stereocenters. The summed E-state index contributed by atoms with van der Waals surface area (Å²) in [4.78, 5) is 17.4. The van der Waals surface area contributed by atoms with E-state index in [2.05, 4.69) is 16.2 Å². The normalized spacial score (nSPS) is 10.9. The van der Waals surface area contributed by atoms with E-state index in [4.69, 9.17) is 6.42 Å². The van der Waals surface area contributed by atoms with Gasteiger partial charge < -0.3 is 10.2 Å². The summed E-state index contributed by atoms with van der Waals surface area (Å²) in [6.45, 7) is 0. The molecular formula is C22H15F4N3O. The fourth-order valence-corrected chi connectivity index (χ4v) is 2.71. The van der Waals surface area contributed by atoms with Gasteiger partial charge in [0, 0.05) is 35.7 Å². The molecule has 0 bridgehead atoms. The Morgan fingerprint density at radius 2 is 1.87 bits per heavy atom. The number of alkyl halides is 3. The van der Waals surface area contributed by atoms with E-state index in [1.54, 1.807) is 18.2 Å². The summed E-state index contributed by atoms with van der Waals surface area (Å²) in [5, 5.41) is 2.56. The quantitative estimate of drug-likeness (QED) is 0.470. The first-order chi connectivity index (χ1) is 14.2. The lowest BCUT2D eigenvalue weighted by Crippen LogP contribution is -2.15. The Balaban J connectivity index is 1.88. The fourth-order valence-electron chi connectivity index (χ4n) is 2.71. The maximum absolute atomic E-state index is 14.1. The molecule has 0 aliphatic carbocycles. The summed E-state index contributed by atoms with van der Waals surface area (Å²) in [5.74, 6) is 1.24. The zero-order chi connectivity index (χ0) is 21.9. The topological polar surface area (TPSA) is 45.2 Å². The summed E-state index contributed by atoms with van der Waals surface area (Å²) < 4.78 is 53.0. The van der Waals surface area contributed by atoms with Crippen molar-refractivity contribution >= 4 is 23.0 Å². The molecule has 0 atom stereocenters. The number of aromatic nitrogens is 1. The van der Waals surface area contributed by atoms with Gasteiger partial charge in [-0.1, -0.05) is 12.0 Å². The highest BCUT2D eigenvalue weighted by molar-refractivity contribution is 6.04. The van der Waals surface area contributed by atoms with Gasteiger partial charge in [-0.25, -0.2) is 4.39 Å². The monoisotopic (exact) mass is 413 g/mol. The second kappa shape index (κ2) is 8.25. The summed E-state index contributed by atoms with van der Waals surface area (Å²) in [5.41, 5.74) is 0.336. The van der Waals surface area contributed by atoms with E-state index in [9.17, 15) is 22.4 Å². The molecule has 30 heavy (non-hydrogen) atoms. The molecule has 0 aliphatic rings. The van der Waals surface area contributed by atoms with Crippen molar-refractivity contribution in [2.24, 2.45) is 0 Å². The number of rotatable bonds is 4. The number of nitrogens with zero attached hydrogens (tertiary/aromatic N) is 2. The summed E-state index contributed by atoms with van der Waals surface area (Å²) in [7, 11) is 1.47. The number of hydrogen-bond acceptors (Lipinski definition) is 3. The van der Waals surface area contributed by atoms with Crippen molar-refractivity contribution in [1.82, 2.24) is 4.98 Å². The minimum absolute atomic E-state index is 0.106. The van der Waals surface area contributed by atoms with Gasteiger partial charge in [0.2, 0.25) is 0 Å². The number of carbonyl (C=O) groups is 1. The average Bonchev–Trinajstić information content (AvgIpc) is 2.72. The highest BCUT2D eigenvalue weighted by atomic mass is 19.4. The van der Waals surface area contributed by atoms with Gasteiger partial charge in [-0.3, -0.25) is 9.78 Å². The van der Waals surface area contributed by atoms with Crippen molar-refractivity contribution in [1.29, 1.82) is 0 Å². The van der Waals surface area contributed by atoms with Crippen molar-refractivity contribution in [3.05, 3.63) is 83.4 Å². The SMILES string of the molecule is C#Cc1cccc(C(=O)Nc2cc(F)cc(N(C)c3cncc(C(F)(F)F)c3)c2)c1. The molecule has 0 fully saturated rings. The smallest absolute Gasteiger partial charge is 0.343 e.